The predicted molar refractivity (Wildman–Crippen MR) is 132 cm³/mol. The summed E-state index contributed by atoms with van der Waals surface area (Å²) in [7, 11) is 5.64. The number of piperidine rings is 1. The molecular weight excluding hydrogens is 414 g/mol. The Morgan fingerprint density at radius 1 is 1.03 bits per heavy atom. The smallest absolute Gasteiger partial charge is 0.254 e. The van der Waals surface area contributed by atoms with Crippen molar-refractivity contribution in [3.05, 3.63) is 71.8 Å². The number of ether oxygens (including phenoxy) is 1. The molecule has 1 aliphatic heterocycles. The maximum Gasteiger partial charge on any atom is 0.254 e. The van der Waals surface area contributed by atoms with Crippen molar-refractivity contribution in [1.29, 1.82) is 0 Å². The summed E-state index contributed by atoms with van der Waals surface area (Å²) in [5.41, 5.74) is 2.83. The Labute approximate surface area is 195 Å². The van der Waals surface area contributed by atoms with Crippen molar-refractivity contribution in [2.75, 3.05) is 39.2 Å². The lowest BCUT2D eigenvalue weighted by Gasteiger charge is -2.32. The van der Waals surface area contributed by atoms with Crippen LogP contribution in [-0.4, -0.2) is 51.0 Å². The molecular formula is C27H31N3O3. The van der Waals surface area contributed by atoms with Crippen molar-refractivity contribution < 1.29 is 14.3 Å². The highest BCUT2D eigenvalue weighted by Gasteiger charge is 2.29. The molecule has 0 spiro atoms. The summed E-state index contributed by atoms with van der Waals surface area (Å²) in [5.74, 6) is 0.513. The number of rotatable bonds is 6. The first-order valence-corrected chi connectivity index (χ1v) is 11.4. The van der Waals surface area contributed by atoms with Crippen LogP contribution >= 0.6 is 0 Å². The van der Waals surface area contributed by atoms with Crippen LogP contribution in [0.4, 0.5) is 5.69 Å². The number of nitrogens with zero attached hydrogens (tertiary/aromatic N) is 2. The molecule has 0 unspecified atom stereocenters. The van der Waals surface area contributed by atoms with Gasteiger partial charge in [0.1, 0.15) is 5.75 Å². The second kappa shape index (κ2) is 9.94. The topological polar surface area (TPSA) is 61.9 Å². The molecule has 1 fully saturated rings. The largest absolute Gasteiger partial charge is 0.496 e. The fourth-order valence-electron chi connectivity index (χ4n) is 4.43. The molecule has 0 aliphatic carbocycles. The molecule has 4 rings (SSSR count). The lowest BCUT2D eigenvalue weighted by molar-refractivity contribution is -0.126. The van der Waals surface area contributed by atoms with Crippen LogP contribution in [0.2, 0.25) is 0 Å². The van der Waals surface area contributed by atoms with Crippen LogP contribution < -0.4 is 15.0 Å². The van der Waals surface area contributed by atoms with E-state index in [9.17, 15) is 9.59 Å². The quantitative estimate of drug-likeness (QED) is 0.621. The number of hydrogen-bond donors (Lipinski definition) is 1. The minimum Gasteiger partial charge on any atom is -0.496 e. The maximum absolute atomic E-state index is 13.4. The van der Waals surface area contributed by atoms with Gasteiger partial charge in [-0.2, -0.15) is 0 Å². The molecule has 0 saturated carbocycles. The summed E-state index contributed by atoms with van der Waals surface area (Å²) in [5, 5.41) is 4.84. The SMILES string of the molecule is COc1ccc(C(=O)N2CCC[C@H](C(=O)NCc3ccc(N(C)C)cc3)C2)c2ccccc12. The summed E-state index contributed by atoms with van der Waals surface area (Å²) < 4.78 is 5.46. The third kappa shape index (κ3) is 4.95. The van der Waals surface area contributed by atoms with Gasteiger partial charge in [0.2, 0.25) is 5.91 Å². The van der Waals surface area contributed by atoms with Crippen molar-refractivity contribution >= 4 is 28.3 Å². The van der Waals surface area contributed by atoms with Gasteiger partial charge in [-0.1, -0.05) is 36.4 Å². The fraction of sp³-hybridized carbons (Fsp3) is 0.333. The Hall–Kier alpha value is -3.54. The summed E-state index contributed by atoms with van der Waals surface area (Å²) >= 11 is 0. The third-order valence-electron chi connectivity index (χ3n) is 6.33. The zero-order chi connectivity index (χ0) is 23.4. The highest BCUT2D eigenvalue weighted by atomic mass is 16.5. The number of methoxy groups -OCH3 is 1. The molecule has 1 aliphatic rings. The number of benzene rings is 3. The van der Waals surface area contributed by atoms with Crippen molar-refractivity contribution in [2.45, 2.75) is 19.4 Å². The van der Waals surface area contributed by atoms with E-state index >= 15 is 0 Å². The fourth-order valence-corrected chi connectivity index (χ4v) is 4.43. The highest BCUT2D eigenvalue weighted by molar-refractivity contribution is 6.08. The van der Waals surface area contributed by atoms with Gasteiger partial charge in [-0.25, -0.2) is 0 Å². The molecule has 2 amide bonds. The first-order chi connectivity index (χ1) is 16.0. The average molecular weight is 446 g/mol. The molecule has 33 heavy (non-hydrogen) atoms. The normalized spacial score (nSPS) is 15.8. The Morgan fingerprint density at radius 2 is 1.76 bits per heavy atom. The van der Waals surface area contributed by atoms with Gasteiger partial charge in [-0.05, 0) is 48.1 Å². The van der Waals surface area contributed by atoms with E-state index < -0.39 is 0 Å². The van der Waals surface area contributed by atoms with Crippen LogP contribution in [-0.2, 0) is 11.3 Å². The minimum atomic E-state index is -0.201. The van der Waals surface area contributed by atoms with Crippen molar-refractivity contribution in [1.82, 2.24) is 10.2 Å². The monoisotopic (exact) mass is 445 g/mol. The Morgan fingerprint density at radius 3 is 2.45 bits per heavy atom. The molecule has 3 aromatic rings. The van der Waals surface area contributed by atoms with E-state index in [0.717, 1.165) is 40.6 Å². The van der Waals surface area contributed by atoms with Gasteiger partial charge in [0.25, 0.3) is 5.91 Å². The number of carbonyl (C=O) groups excluding carboxylic acids is 2. The molecule has 0 radical (unpaired) electrons. The van der Waals surface area contributed by atoms with Gasteiger partial charge in [0.15, 0.2) is 0 Å². The zero-order valence-corrected chi connectivity index (χ0v) is 19.5. The molecule has 0 bridgehead atoms. The van der Waals surface area contributed by atoms with Crippen LogP contribution in [0.1, 0.15) is 28.8 Å². The van der Waals surface area contributed by atoms with Gasteiger partial charge in [-0.3, -0.25) is 9.59 Å². The van der Waals surface area contributed by atoms with E-state index in [-0.39, 0.29) is 17.7 Å². The van der Waals surface area contributed by atoms with Crippen LogP contribution in [0.15, 0.2) is 60.7 Å². The summed E-state index contributed by atoms with van der Waals surface area (Å²) in [6.07, 6.45) is 1.61. The lowest BCUT2D eigenvalue weighted by atomic mass is 9.95. The molecule has 6 nitrogen and oxygen atoms in total. The van der Waals surface area contributed by atoms with Gasteiger partial charge in [0.05, 0.1) is 13.0 Å². The number of carbonyl (C=O) groups is 2. The lowest BCUT2D eigenvalue weighted by Crippen LogP contribution is -2.45. The van der Waals surface area contributed by atoms with Crippen molar-refractivity contribution in [3.63, 3.8) is 0 Å². The molecule has 1 N–H and O–H groups in total. The summed E-state index contributed by atoms with van der Waals surface area (Å²) in [6.45, 7) is 1.58. The van der Waals surface area contributed by atoms with E-state index in [1.807, 2.05) is 84.6 Å². The molecule has 1 saturated heterocycles. The summed E-state index contributed by atoms with van der Waals surface area (Å²) in [6, 6.07) is 19.6. The predicted octanol–water partition coefficient (Wildman–Crippen LogP) is 4.08. The Kier molecular flexibility index (Phi) is 6.82. The van der Waals surface area contributed by atoms with Gasteiger partial charge in [-0.15, -0.1) is 0 Å². The standard InChI is InChI=1S/C27H31N3O3/c1-29(2)21-12-10-19(11-13-21)17-28-26(31)20-7-6-16-30(18-20)27(32)24-14-15-25(33-3)23-9-5-4-8-22(23)24/h4-5,8-15,20H,6-7,16-18H2,1-3H3,(H,28,31)/t20-/m0/s1. The second-order valence-corrected chi connectivity index (χ2v) is 8.73. The first-order valence-electron chi connectivity index (χ1n) is 11.4. The first kappa shape index (κ1) is 22.6. The molecule has 6 heteroatoms. The van der Waals surface area contributed by atoms with E-state index in [4.69, 9.17) is 4.74 Å². The number of hydrogen-bond acceptors (Lipinski definition) is 4. The molecule has 0 aromatic heterocycles. The maximum atomic E-state index is 13.4. The van der Waals surface area contributed by atoms with Crippen LogP contribution in [0.25, 0.3) is 10.8 Å². The molecule has 3 aromatic carbocycles. The van der Waals surface area contributed by atoms with Crippen molar-refractivity contribution in [3.8, 4) is 5.75 Å². The Balaban J connectivity index is 1.42. The third-order valence-corrected chi connectivity index (χ3v) is 6.33. The number of likely N-dealkylation sites (tertiary alicyclic amines) is 1. The van der Waals surface area contributed by atoms with E-state index in [1.165, 1.54) is 0 Å². The van der Waals surface area contributed by atoms with E-state index in [2.05, 4.69) is 5.32 Å². The van der Waals surface area contributed by atoms with Crippen molar-refractivity contribution in [2.24, 2.45) is 5.92 Å². The van der Waals surface area contributed by atoms with Crippen LogP contribution in [0, 0.1) is 5.92 Å². The highest BCUT2D eigenvalue weighted by Crippen LogP contribution is 2.30. The van der Waals surface area contributed by atoms with Gasteiger partial charge in [0, 0.05) is 50.4 Å². The number of fused-ring (bicyclic) bond motifs is 1. The van der Waals surface area contributed by atoms with Gasteiger partial charge >= 0.3 is 0 Å². The number of nitrogens with one attached hydrogen (secondary N) is 1. The molecule has 172 valence electrons. The van der Waals surface area contributed by atoms with Gasteiger partial charge < -0.3 is 19.9 Å². The molecule has 1 heterocycles. The van der Waals surface area contributed by atoms with E-state index in [0.29, 0.717) is 25.2 Å². The number of amides is 2. The molecule has 1 atom stereocenters. The van der Waals surface area contributed by atoms with E-state index in [1.54, 1.807) is 7.11 Å². The van der Waals surface area contributed by atoms with Crippen LogP contribution in [0.3, 0.4) is 0 Å². The van der Waals surface area contributed by atoms with Crippen LogP contribution in [0.5, 0.6) is 5.75 Å². The Bertz CT molecular complexity index is 1140. The minimum absolute atomic E-state index is 0.00350. The summed E-state index contributed by atoms with van der Waals surface area (Å²) in [4.78, 5) is 30.1. The average Bonchev–Trinajstić information content (AvgIpc) is 2.86. The number of anilines is 1. The second-order valence-electron chi connectivity index (χ2n) is 8.73. The zero-order valence-electron chi connectivity index (χ0n) is 19.5.